The van der Waals surface area contributed by atoms with Crippen LogP contribution in [0, 0.1) is 0 Å². The number of nitrogens with zero attached hydrogens (tertiary/aromatic N) is 2. The third-order valence-corrected chi connectivity index (χ3v) is 6.12. The van der Waals surface area contributed by atoms with Gasteiger partial charge in [0.15, 0.2) is 11.5 Å². The second kappa shape index (κ2) is 7.03. The lowest BCUT2D eigenvalue weighted by atomic mass is 10.1. The van der Waals surface area contributed by atoms with Crippen LogP contribution in [-0.4, -0.2) is 16.0 Å². The highest BCUT2D eigenvalue weighted by Crippen LogP contribution is 2.37. The lowest BCUT2D eigenvalue weighted by molar-refractivity contribution is 0.101. The first-order valence-corrected chi connectivity index (χ1v) is 10.2. The van der Waals surface area contributed by atoms with Crippen LogP contribution in [0.3, 0.4) is 0 Å². The first-order valence-electron chi connectivity index (χ1n) is 8.55. The van der Waals surface area contributed by atoms with E-state index >= 15 is 0 Å². The van der Waals surface area contributed by atoms with Gasteiger partial charge in [-0.3, -0.25) is 4.79 Å². The van der Waals surface area contributed by atoms with E-state index in [2.05, 4.69) is 15.5 Å². The first kappa shape index (κ1) is 16.9. The van der Waals surface area contributed by atoms with E-state index in [9.17, 15) is 4.79 Å². The van der Waals surface area contributed by atoms with Gasteiger partial charge in [0.25, 0.3) is 5.91 Å². The Morgan fingerprint density at radius 3 is 2.68 bits per heavy atom. The number of amides is 1. The van der Waals surface area contributed by atoms with E-state index in [0.717, 1.165) is 31.4 Å². The normalized spacial score (nSPS) is 11.0. The molecule has 3 aromatic heterocycles. The zero-order valence-corrected chi connectivity index (χ0v) is 16.1. The predicted molar refractivity (Wildman–Crippen MR) is 113 cm³/mol. The molecule has 0 aliphatic rings. The van der Waals surface area contributed by atoms with Gasteiger partial charge in [0.05, 0.1) is 10.2 Å². The summed E-state index contributed by atoms with van der Waals surface area (Å²) in [5.74, 6) is 0.249. The third kappa shape index (κ3) is 3.11. The second-order valence-electron chi connectivity index (χ2n) is 6.05. The fourth-order valence-corrected chi connectivity index (χ4v) is 4.70. The van der Waals surface area contributed by atoms with Crippen molar-refractivity contribution in [3.63, 3.8) is 0 Å². The maximum absolute atomic E-state index is 12.7. The fourth-order valence-electron chi connectivity index (χ4n) is 2.85. The average Bonchev–Trinajstić information content (AvgIpc) is 3.47. The average molecular weight is 403 g/mol. The van der Waals surface area contributed by atoms with E-state index in [1.165, 1.54) is 11.3 Å². The van der Waals surface area contributed by atoms with Crippen molar-refractivity contribution in [2.45, 2.75) is 0 Å². The molecule has 0 aliphatic carbocycles. The molecule has 1 N–H and O–H groups in total. The van der Waals surface area contributed by atoms with Crippen molar-refractivity contribution >= 4 is 43.8 Å². The number of benzene rings is 2. The van der Waals surface area contributed by atoms with Crippen molar-refractivity contribution in [3.05, 3.63) is 77.8 Å². The number of rotatable bonds is 4. The van der Waals surface area contributed by atoms with Crippen molar-refractivity contribution in [3.8, 4) is 21.9 Å². The number of aromatic nitrogens is 2. The summed E-state index contributed by atoms with van der Waals surface area (Å²) in [6.07, 6.45) is 0. The Kier molecular flexibility index (Phi) is 4.23. The molecule has 0 atom stereocenters. The summed E-state index contributed by atoms with van der Waals surface area (Å²) in [6, 6.07) is 21.2. The molecular weight excluding hydrogens is 390 g/mol. The molecule has 5 nitrogen and oxygen atoms in total. The first-order chi connectivity index (χ1) is 13.8. The van der Waals surface area contributed by atoms with Gasteiger partial charge in [0, 0.05) is 17.2 Å². The van der Waals surface area contributed by atoms with Crippen molar-refractivity contribution in [1.29, 1.82) is 0 Å². The summed E-state index contributed by atoms with van der Waals surface area (Å²) < 4.78 is 6.44. The van der Waals surface area contributed by atoms with E-state index in [-0.39, 0.29) is 11.6 Å². The zero-order chi connectivity index (χ0) is 18.9. The molecular formula is C21H13N3O2S2. The van der Waals surface area contributed by atoms with E-state index in [0.29, 0.717) is 5.76 Å². The number of para-hydroxylation sites is 1. The molecule has 2 aromatic carbocycles. The van der Waals surface area contributed by atoms with Gasteiger partial charge in [-0.1, -0.05) is 47.6 Å². The van der Waals surface area contributed by atoms with Crippen LogP contribution in [0.1, 0.15) is 10.5 Å². The number of thiazole rings is 1. The maximum Gasteiger partial charge on any atom is 0.278 e. The van der Waals surface area contributed by atoms with Gasteiger partial charge in [0.2, 0.25) is 0 Å². The van der Waals surface area contributed by atoms with Gasteiger partial charge in [-0.15, -0.1) is 22.7 Å². The minimum absolute atomic E-state index is 0.238. The smallest absolute Gasteiger partial charge is 0.278 e. The third-order valence-electron chi connectivity index (χ3n) is 4.22. The Hall–Kier alpha value is -3.29. The molecule has 7 heteroatoms. The van der Waals surface area contributed by atoms with Crippen molar-refractivity contribution in [1.82, 2.24) is 10.1 Å². The number of fused-ring (bicyclic) bond motifs is 1. The van der Waals surface area contributed by atoms with E-state index in [4.69, 9.17) is 4.52 Å². The van der Waals surface area contributed by atoms with Gasteiger partial charge < -0.3 is 9.84 Å². The number of carbonyl (C=O) groups excluding carboxylic acids is 1. The predicted octanol–water partition coefficient (Wildman–Crippen LogP) is 5.93. The summed E-state index contributed by atoms with van der Waals surface area (Å²) in [5, 5.41) is 10.4. The van der Waals surface area contributed by atoms with Crippen molar-refractivity contribution in [2.75, 3.05) is 5.32 Å². The van der Waals surface area contributed by atoms with E-state index < -0.39 is 0 Å². The van der Waals surface area contributed by atoms with Crippen molar-refractivity contribution in [2.24, 2.45) is 0 Å². The molecule has 3 heterocycles. The minimum atomic E-state index is -0.309. The topological polar surface area (TPSA) is 68.0 Å². The summed E-state index contributed by atoms with van der Waals surface area (Å²) in [6.45, 7) is 0. The molecule has 0 unspecified atom stereocenters. The molecule has 0 saturated heterocycles. The number of thiophene rings is 1. The molecule has 0 bridgehead atoms. The summed E-state index contributed by atoms with van der Waals surface area (Å²) in [4.78, 5) is 17.3. The molecule has 1 amide bonds. The lowest BCUT2D eigenvalue weighted by Crippen LogP contribution is -2.11. The van der Waals surface area contributed by atoms with Crippen LogP contribution in [-0.2, 0) is 0 Å². The second-order valence-corrected chi connectivity index (χ2v) is 7.99. The van der Waals surface area contributed by atoms with Gasteiger partial charge in [-0.25, -0.2) is 4.98 Å². The number of hydrogen-bond donors (Lipinski definition) is 1. The van der Waals surface area contributed by atoms with E-state index in [1.54, 1.807) is 17.4 Å². The standard InChI is InChI=1S/C21H13N3O2S2/c25-19(16-12-17(26-24-16)13-6-2-1-3-7-13)23-20-14(10-11-27-20)21-22-15-8-4-5-9-18(15)28-21/h1-12H,(H,23,25). The monoisotopic (exact) mass is 403 g/mol. The molecule has 28 heavy (non-hydrogen) atoms. The number of carbonyl (C=O) groups is 1. The largest absolute Gasteiger partial charge is 0.355 e. The van der Waals surface area contributed by atoms with Crippen LogP contribution < -0.4 is 5.32 Å². The van der Waals surface area contributed by atoms with Gasteiger partial charge in [-0.05, 0) is 23.6 Å². The highest BCUT2D eigenvalue weighted by atomic mass is 32.1. The Bertz CT molecular complexity index is 1240. The van der Waals surface area contributed by atoms with Gasteiger partial charge in [-0.2, -0.15) is 0 Å². The van der Waals surface area contributed by atoms with Crippen LogP contribution in [0.15, 0.2) is 76.6 Å². The van der Waals surface area contributed by atoms with Crippen LogP contribution in [0.25, 0.3) is 32.1 Å². The maximum atomic E-state index is 12.7. The Morgan fingerprint density at radius 1 is 1.00 bits per heavy atom. The lowest BCUT2D eigenvalue weighted by Gasteiger charge is -2.02. The number of anilines is 1. The summed E-state index contributed by atoms with van der Waals surface area (Å²) in [5.41, 5.74) is 2.98. The van der Waals surface area contributed by atoms with Crippen LogP contribution in [0.5, 0.6) is 0 Å². The van der Waals surface area contributed by atoms with Crippen LogP contribution >= 0.6 is 22.7 Å². The minimum Gasteiger partial charge on any atom is -0.355 e. The molecule has 0 radical (unpaired) electrons. The zero-order valence-electron chi connectivity index (χ0n) is 14.5. The Balaban J connectivity index is 1.41. The number of nitrogens with one attached hydrogen (secondary N) is 1. The van der Waals surface area contributed by atoms with E-state index in [1.807, 2.05) is 66.0 Å². The number of hydrogen-bond acceptors (Lipinski definition) is 6. The van der Waals surface area contributed by atoms with Crippen LogP contribution in [0.4, 0.5) is 5.00 Å². The molecule has 0 fully saturated rings. The SMILES string of the molecule is O=C(Nc1sccc1-c1nc2ccccc2s1)c1cc(-c2ccccc2)on1. The highest BCUT2D eigenvalue weighted by Gasteiger charge is 2.18. The Labute approximate surface area is 168 Å². The van der Waals surface area contributed by atoms with Crippen molar-refractivity contribution < 1.29 is 9.32 Å². The quantitative estimate of drug-likeness (QED) is 0.404. The highest BCUT2D eigenvalue weighted by molar-refractivity contribution is 7.22. The van der Waals surface area contributed by atoms with Gasteiger partial charge in [0.1, 0.15) is 10.0 Å². The molecule has 5 aromatic rings. The molecule has 136 valence electrons. The fraction of sp³-hybridized carbons (Fsp3) is 0. The molecule has 0 saturated carbocycles. The molecule has 5 rings (SSSR count). The molecule has 0 spiro atoms. The summed E-state index contributed by atoms with van der Waals surface area (Å²) >= 11 is 3.06. The summed E-state index contributed by atoms with van der Waals surface area (Å²) in [7, 11) is 0. The Morgan fingerprint density at radius 2 is 1.82 bits per heavy atom. The van der Waals surface area contributed by atoms with Crippen LogP contribution in [0.2, 0.25) is 0 Å². The van der Waals surface area contributed by atoms with Gasteiger partial charge >= 0.3 is 0 Å². The molecule has 0 aliphatic heterocycles.